The molecule has 4 heteroatoms. The van der Waals surface area contributed by atoms with E-state index in [0.29, 0.717) is 0 Å². The number of rotatable bonds is 2. The Bertz CT molecular complexity index is 80.9. The first-order valence-electron chi connectivity index (χ1n) is 3.41. The second-order valence-electron chi connectivity index (χ2n) is 4.33. The molecule has 0 aromatic heterocycles. The van der Waals surface area contributed by atoms with Crippen LogP contribution in [0.25, 0.3) is 0 Å². The van der Waals surface area contributed by atoms with E-state index in [1.54, 1.807) is 0 Å². The Morgan fingerprint density at radius 2 is 0.900 bits per heavy atom. The Balaban J connectivity index is 0. The van der Waals surface area contributed by atoms with E-state index >= 15 is 0 Å². The molecule has 0 rings (SSSR count). The molecule has 0 amide bonds. The van der Waals surface area contributed by atoms with E-state index in [4.69, 9.17) is 0 Å². The van der Waals surface area contributed by atoms with Crippen LogP contribution in [-0.4, -0.2) is 44.0 Å². The zero-order chi connectivity index (χ0) is 7.71. The molecule has 0 atom stereocenters. The molecule has 0 radical (unpaired) electrons. The van der Waals surface area contributed by atoms with Crippen molar-refractivity contribution in [2.75, 3.05) is 0 Å². The summed E-state index contributed by atoms with van der Waals surface area (Å²) in [6.07, 6.45) is 0. The normalized spacial score (nSPS) is 12.6. The second-order valence-corrected chi connectivity index (χ2v) is 22.8. The first kappa shape index (κ1) is 14.3. The molecule has 0 aliphatic heterocycles. The van der Waals surface area contributed by atoms with E-state index in [9.17, 15) is 0 Å². The second kappa shape index (κ2) is 4.72. The summed E-state index contributed by atoms with van der Waals surface area (Å²) in [6, 6.07) is 0. The number of hydrogen-bond acceptors (Lipinski definition) is 1. The van der Waals surface area contributed by atoms with Crippen LogP contribution in [0.15, 0.2) is 0 Å². The van der Waals surface area contributed by atoms with Gasteiger partial charge >= 0.3 is 29.6 Å². The zero-order valence-electron chi connectivity index (χ0n) is 7.41. The summed E-state index contributed by atoms with van der Waals surface area (Å²) in [7, 11) is 0.663. The fourth-order valence-corrected chi connectivity index (χ4v) is 24.8. The van der Waals surface area contributed by atoms with Gasteiger partial charge in [-0.15, -0.1) is 0 Å². The van der Waals surface area contributed by atoms with Crippen molar-refractivity contribution in [3.05, 3.63) is 0 Å². The zero-order valence-corrected chi connectivity index (χ0v) is 10.2. The average molecular weight is 202 g/mol. The molecule has 0 unspecified atom stereocenters. The molecular formula is C6H19NaSSi2. The summed E-state index contributed by atoms with van der Waals surface area (Å²) >= 11 is 0. The van der Waals surface area contributed by atoms with Gasteiger partial charge < -0.3 is 0 Å². The van der Waals surface area contributed by atoms with Crippen molar-refractivity contribution >= 4 is 54.7 Å². The molecular weight excluding hydrogens is 183 g/mol. The minimum atomic E-state index is -0.814. The van der Waals surface area contributed by atoms with E-state index in [2.05, 4.69) is 49.9 Å². The van der Waals surface area contributed by atoms with E-state index in [1.165, 1.54) is 0 Å². The molecule has 0 saturated carbocycles. The summed E-state index contributed by atoms with van der Waals surface area (Å²) in [5.41, 5.74) is 0. The Labute approximate surface area is 93.1 Å². The fraction of sp³-hybridized carbons (Fsp3) is 1.00. The molecule has 0 saturated heterocycles. The van der Waals surface area contributed by atoms with Gasteiger partial charge in [0.15, 0.2) is 0 Å². The summed E-state index contributed by atoms with van der Waals surface area (Å²) in [6.45, 7) is 14.6. The van der Waals surface area contributed by atoms with Crippen LogP contribution < -0.4 is 0 Å². The van der Waals surface area contributed by atoms with E-state index in [1.807, 2.05) is 0 Å². The van der Waals surface area contributed by atoms with Gasteiger partial charge in [0, 0.05) is 0 Å². The van der Waals surface area contributed by atoms with Gasteiger partial charge in [-0.05, 0) is 0 Å². The van der Waals surface area contributed by atoms with Gasteiger partial charge in [0.2, 0.25) is 0 Å². The predicted molar refractivity (Wildman–Crippen MR) is 61.4 cm³/mol. The van der Waals surface area contributed by atoms with Crippen LogP contribution in [0, 0.1) is 0 Å². The van der Waals surface area contributed by atoms with Gasteiger partial charge in [-0.1, -0.05) is 39.3 Å². The van der Waals surface area contributed by atoms with Crippen molar-refractivity contribution < 1.29 is 0 Å². The van der Waals surface area contributed by atoms with Crippen molar-refractivity contribution in [2.24, 2.45) is 0 Å². The number of hydrogen-bond donors (Lipinski definition) is 0. The standard InChI is InChI=1S/C6H18SSi2.Na.H/c1-8(2,3)7-9(4,5)6;;/h1-6H3;;. The summed E-state index contributed by atoms with van der Waals surface area (Å²) < 4.78 is 0. The Hall–Kier alpha value is 1.78. The van der Waals surface area contributed by atoms with Crippen LogP contribution in [0.2, 0.25) is 39.3 Å². The van der Waals surface area contributed by atoms with Gasteiger partial charge in [-0.3, -0.25) is 0 Å². The van der Waals surface area contributed by atoms with Gasteiger partial charge in [0.05, 0.1) is 0 Å². The third kappa shape index (κ3) is 12.5. The van der Waals surface area contributed by atoms with Crippen LogP contribution in [0.5, 0.6) is 0 Å². The topological polar surface area (TPSA) is 0 Å². The van der Waals surface area contributed by atoms with E-state index < -0.39 is 14.4 Å². The molecule has 0 fully saturated rings. The van der Waals surface area contributed by atoms with Crippen LogP contribution in [0.1, 0.15) is 0 Å². The van der Waals surface area contributed by atoms with Crippen molar-refractivity contribution in [3.8, 4) is 0 Å². The Morgan fingerprint density at radius 3 is 0.900 bits per heavy atom. The van der Waals surface area contributed by atoms with Crippen molar-refractivity contribution in [2.45, 2.75) is 39.3 Å². The van der Waals surface area contributed by atoms with Crippen LogP contribution in [0.3, 0.4) is 0 Å². The average Bonchev–Trinajstić information content (AvgIpc) is 1.14. The molecule has 0 aromatic rings. The molecule has 0 aliphatic carbocycles. The van der Waals surface area contributed by atoms with Gasteiger partial charge in [0.1, 0.15) is 14.4 Å². The summed E-state index contributed by atoms with van der Waals surface area (Å²) in [5.74, 6) is 0. The van der Waals surface area contributed by atoms with Crippen LogP contribution >= 0.6 is 10.7 Å². The van der Waals surface area contributed by atoms with E-state index in [0.717, 1.165) is 0 Å². The Morgan fingerprint density at radius 1 is 0.700 bits per heavy atom. The van der Waals surface area contributed by atoms with Crippen molar-refractivity contribution in [3.63, 3.8) is 0 Å². The molecule has 0 heterocycles. The summed E-state index contributed by atoms with van der Waals surface area (Å²) in [5, 5.41) is 0. The Kier molecular flexibility index (Phi) is 6.76. The molecule has 58 valence electrons. The molecule has 0 bridgehead atoms. The van der Waals surface area contributed by atoms with Crippen LogP contribution in [-0.2, 0) is 0 Å². The first-order chi connectivity index (χ1) is 3.71. The monoisotopic (exact) mass is 202 g/mol. The van der Waals surface area contributed by atoms with Gasteiger partial charge in [-0.25, -0.2) is 10.7 Å². The molecule has 0 N–H and O–H groups in total. The van der Waals surface area contributed by atoms with Crippen molar-refractivity contribution in [1.82, 2.24) is 0 Å². The predicted octanol–water partition coefficient (Wildman–Crippen LogP) is 2.74. The van der Waals surface area contributed by atoms with Gasteiger partial charge in [0.25, 0.3) is 0 Å². The molecule has 0 spiro atoms. The van der Waals surface area contributed by atoms with Crippen LogP contribution in [0.4, 0.5) is 0 Å². The third-order valence-corrected chi connectivity index (χ3v) is 16.5. The summed E-state index contributed by atoms with van der Waals surface area (Å²) in [4.78, 5) is 0. The van der Waals surface area contributed by atoms with Gasteiger partial charge in [-0.2, -0.15) is 0 Å². The molecule has 0 aromatic carbocycles. The first-order valence-corrected chi connectivity index (χ1v) is 12.7. The molecule has 0 aliphatic rings. The quantitative estimate of drug-likeness (QED) is 0.621. The van der Waals surface area contributed by atoms with E-state index in [-0.39, 0.29) is 29.6 Å². The molecule has 0 nitrogen and oxygen atoms in total. The SMILES string of the molecule is C[Si](C)(C)S[Si](C)(C)C.[NaH]. The third-order valence-electron chi connectivity index (χ3n) is 0.612. The fourth-order valence-electron chi connectivity index (χ4n) is 0.919. The van der Waals surface area contributed by atoms with Crippen molar-refractivity contribution in [1.29, 1.82) is 0 Å². The minimum absolute atomic E-state index is 0. The molecule has 10 heavy (non-hydrogen) atoms. The maximum absolute atomic E-state index is 2.43. The maximum atomic E-state index is 2.43.